The van der Waals surface area contributed by atoms with Gasteiger partial charge in [-0.1, -0.05) is 11.3 Å². The van der Waals surface area contributed by atoms with Gasteiger partial charge in [0, 0.05) is 5.69 Å². The van der Waals surface area contributed by atoms with Gasteiger partial charge in [-0.15, -0.1) is 0 Å². The Hall–Kier alpha value is -1.63. The Kier molecular flexibility index (Phi) is 3.03. The number of aryl methyl sites for hydroxylation is 1. The smallest absolute Gasteiger partial charge is 0.332 e. The minimum Gasteiger partial charge on any atom is -0.350 e. The molecule has 2 amide bonds. The zero-order chi connectivity index (χ0) is 10.7. The van der Waals surface area contributed by atoms with Gasteiger partial charge in [-0.2, -0.15) is 5.10 Å². The third-order valence-electron chi connectivity index (χ3n) is 1.49. The Morgan fingerprint density at radius 3 is 2.71 bits per heavy atom. The number of nitrogens with zero attached hydrogens (tertiary/aromatic N) is 1. The molecule has 1 aromatic heterocycles. The lowest BCUT2D eigenvalue weighted by Gasteiger charge is -1.97. The summed E-state index contributed by atoms with van der Waals surface area (Å²) in [7, 11) is 0. The molecule has 1 rings (SSSR count). The van der Waals surface area contributed by atoms with Crippen molar-refractivity contribution in [3.63, 3.8) is 0 Å². The lowest BCUT2D eigenvalue weighted by atomic mass is 10.3. The number of urea groups is 1. The summed E-state index contributed by atoms with van der Waals surface area (Å²) in [4.78, 5) is 24.5. The highest BCUT2D eigenvalue weighted by Gasteiger charge is 2.06. The Morgan fingerprint density at radius 1 is 1.64 bits per heavy atom. The van der Waals surface area contributed by atoms with Gasteiger partial charge in [0.25, 0.3) is 0 Å². The first-order valence-electron chi connectivity index (χ1n) is 3.80. The van der Waals surface area contributed by atoms with E-state index < -0.39 is 6.03 Å². The van der Waals surface area contributed by atoms with Crippen molar-refractivity contribution >= 4 is 23.1 Å². The van der Waals surface area contributed by atoms with E-state index in [1.165, 1.54) is 0 Å². The summed E-state index contributed by atoms with van der Waals surface area (Å²) in [5, 5.41) is 3.71. The summed E-state index contributed by atoms with van der Waals surface area (Å²) in [6, 6.07) is -0.732. The van der Waals surface area contributed by atoms with Crippen LogP contribution in [0.4, 0.5) is 4.79 Å². The van der Waals surface area contributed by atoms with E-state index >= 15 is 0 Å². The van der Waals surface area contributed by atoms with Crippen molar-refractivity contribution in [2.45, 2.75) is 13.8 Å². The van der Waals surface area contributed by atoms with Gasteiger partial charge in [0.05, 0.1) is 10.6 Å². The predicted molar refractivity (Wildman–Crippen MR) is 54.6 cm³/mol. The number of hydrogen-bond donors (Lipinski definition) is 3. The fourth-order valence-corrected chi connectivity index (χ4v) is 1.73. The van der Waals surface area contributed by atoms with E-state index in [-0.39, 0.29) is 4.87 Å². The summed E-state index contributed by atoms with van der Waals surface area (Å²) in [6.45, 7) is 3.44. The molecule has 0 bridgehead atoms. The third-order valence-corrected chi connectivity index (χ3v) is 2.58. The molecule has 7 heteroatoms. The highest BCUT2D eigenvalue weighted by Crippen LogP contribution is 2.08. The van der Waals surface area contributed by atoms with Gasteiger partial charge < -0.3 is 10.7 Å². The zero-order valence-electron chi connectivity index (χ0n) is 7.75. The van der Waals surface area contributed by atoms with Crippen LogP contribution in [-0.2, 0) is 0 Å². The van der Waals surface area contributed by atoms with Crippen LogP contribution >= 0.6 is 11.3 Å². The number of amides is 2. The van der Waals surface area contributed by atoms with Crippen molar-refractivity contribution in [2.24, 2.45) is 10.8 Å². The maximum atomic E-state index is 10.9. The molecule has 0 unspecified atom stereocenters. The predicted octanol–water partition coefficient (Wildman–Crippen LogP) is 0.137. The molecule has 0 spiro atoms. The molecule has 1 heterocycles. The van der Waals surface area contributed by atoms with E-state index in [2.05, 4.69) is 15.5 Å². The van der Waals surface area contributed by atoms with Crippen LogP contribution in [0.15, 0.2) is 9.90 Å². The van der Waals surface area contributed by atoms with Crippen molar-refractivity contribution in [3.8, 4) is 0 Å². The molecular formula is C7H10N4O2S. The number of carbonyl (C=O) groups excluding carboxylic acids is 1. The number of thiazole rings is 1. The molecule has 0 atom stereocenters. The number of nitrogens with two attached hydrogens (primary N) is 1. The molecule has 4 N–H and O–H groups in total. The van der Waals surface area contributed by atoms with E-state index in [4.69, 9.17) is 5.73 Å². The van der Waals surface area contributed by atoms with E-state index in [1.54, 1.807) is 13.8 Å². The Balaban J connectivity index is 2.94. The van der Waals surface area contributed by atoms with Crippen molar-refractivity contribution in [2.75, 3.05) is 0 Å². The number of hydrogen-bond acceptors (Lipinski definition) is 4. The average Bonchev–Trinajstić information content (AvgIpc) is 2.41. The molecule has 0 saturated carbocycles. The fraction of sp³-hybridized carbons (Fsp3) is 0.286. The number of aromatic amines is 1. The van der Waals surface area contributed by atoms with Gasteiger partial charge in [0.2, 0.25) is 0 Å². The molecule has 0 radical (unpaired) electrons. The Morgan fingerprint density at radius 2 is 2.29 bits per heavy atom. The largest absolute Gasteiger partial charge is 0.350 e. The molecule has 0 aliphatic heterocycles. The van der Waals surface area contributed by atoms with Crippen LogP contribution in [0, 0.1) is 6.92 Å². The number of rotatable bonds is 2. The maximum absolute atomic E-state index is 10.9. The van der Waals surface area contributed by atoms with Gasteiger partial charge in [0.1, 0.15) is 0 Å². The molecular weight excluding hydrogens is 204 g/mol. The first-order chi connectivity index (χ1) is 6.50. The third kappa shape index (κ3) is 2.43. The highest BCUT2D eigenvalue weighted by atomic mass is 32.1. The summed E-state index contributed by atoms with van der Waals surface area (Å²) in [5.41, 5.74) is 8.21. The number of hydrazone groups is 1. The second-order valence-electron chi connectivity index (χ2n) is 2.64. The molecule has 76 valence electrons. The average molecular weight is 214 g/mol. The van der Waals surface area contributed by atoms with Crippen LogP contribution in [0.3, 0.4) is 0 Å². The first-order valence-corrected chi connectivity index (χ1v) is 4.62. The first kappa shape index (κ1) is 10.5. The minimum atomic E-state index is -0.732. The van der Waals surface area contributed by atoms with Gasteiger partial charge in [-0.25, -0.2) is 10.2 Å². The van der Waals surface area contributed by atoms with Crippen LogP contribution < -0.4 is 16.0 Å². The van der Waals surface area contributed by atoms with E-state index in [0.29, 0.717) is 10.6 Å². The molecule has 6 nitrogen and oxygen atoms in total. The summed E-state index contributed by atoms with van der Waals surface area (Å²) in [5.74, 6) is 0. The number of aromatic nitrogens is 1. The van der Waals surface area contributed by atoms with Crippen LogP contribution in [0.1, 0.15) is 17.5 Å². The number of primary amides is 1. The quantitative estimate of drug-likeness (QED) is 0.481. The summed E-state index contributed by atoms with van der Waals surface area (Å²) >= 11 is 1.04. The second kappa shape index (κ2) is 4.05. The molecule has 0 aliphatic carbocycles. The lowest BCUT2D eigenvalue weighted by Crippen LogP contribution is -2.25. The summed E-state index contributed by atoms with van der Waals surface area (Å²) < 4.78 is 0. The molecule has 14 heavy (non-hydrogen) atoms. The van der Waals surface area contributed by atoms with Gasteiger partial charge >= 0.3 is 10.9 Å². The van der Waals surface area contributed by atoms with E-state index in [9.17, 15) is 9.59 Å². The van der Waals surface area contributed by atoms with Crippen LogP contribution in [-0.4, -0.2) is 16.7 Å². The second-order valence-corrected chi connectivity index (χ2v) is 3.63. The lowest BCUT2D eigenvalue weighted by molar-refractivity contribution is 0.249. The van der Waals surface area contributed by atoms with Crippen molar-refractivity contribution in [1.82, 2.24) is 10.4 Å². The standard InChI is InChI=1S/C7H10N4O2S/c1-3-5(14-7(13)9-3)4(2)10-11-6(8)12/h1-2H3,(H,9,13)(H3,8,11,12)/b10-4-. The van der Waals surface area contributed by atoms with E-state index in [0.717, 1.165) is 17.0 Å². The highest BCUT2D eigenvalue weighted by molar-refractivity contribution is 7.11. The molecule has 0 aromatic carbocycles. The van der Waals surface area contributed by atoms with Crippen LogP contribution in [0.5, 0.6) is 0 Å². The normalized spacial score (nSPS) is 11.4. The van der Waals surface area contributed by atoms with Gasteiger partial charge in [-0.05, 0) is 13.8 Å². The van der Waals surface area contributed by atoms with E-state index in [1.807, 2.05) is 0 Å². The number of nitrogens with one attached hydrogen (secondary N) is 2. The topological polar surface area (TPSA) is 100 Å². The van der Waals surface area contributed by atoms with Crippen LogP contribution in [0.25, 0.3) is 0 Å². The maximum Gasteiger partial charge on any atom is 0.332 e. The Bertz CT molecular complexity index is 431. The van der Waals surface area contributed by atoms with Crippen molar-refractivity contribution < 1.29 is 4.79 Å². The SMILES string of the molecule is C/C(=N/NC(N)=O)c1sc(=O)[nH]c1C. The van der Waals surface area contributed by atoms with Crippen molar-refractivity contribution in [1.29, 1.82) is 0 Å². The molecule has 1 aromatic rings. The fourth-order valence-electron chi connectivity index (χ4n) is 0.940. The van der Waals surface area contributed by atoms with Crippen LogP contribution in [0.2, 0.25) is 0 Å². The van der Waals surface area contributed by atoms with Gasteiger partial charge in [0.15, 0.2) is 0 Å². The molecule has 0 aliphatic rings. The zero-order valence-corrected chi connectivity index (χ0v) is 8.57. The van der Waals surface area contributed by atoms with Crippen molar-refractivity contribution in [3.05, 3.63) is 20.2 Å². The molecule has 0 fully saturated rings. The number of H-pyrrole nitrogens is 1. The molecule has 0 saturated heterocycles. The number of carbonyl (C=O) groups is 1. The monoisotopic (exact) mass is 214 g/mol. The summed E-state index contributed by atoms with van der Waals surface area (Å²) in [6.07, 6.45) is 0. The Labute approximate surface area is 83.8 Å². The minimum absolute atomic E-state index is 0.147. The van der Waals surface area contributed by atoms with Gasteiger partial charge in [-0.3, -0.25) is 4.79 Å².